The Morgan fingerprint density at radius 2 is 2.11 bits per heavy atom. The van der Waals surface area contributed by atoms with Crippen LogP contribution in [0.1, 0.15) is 16.1 Å². The number of aromatic nitrogens is 2. The van der Waals surface area contributed by atoms with Crippen LogP contribution >= 0.6 is 11.6 Å². The van der Waals surface area contributed by atoms with Crippen molar-refractivity contribution >= 4 is 29.1 Å². The van der Waals surface area contributed by atoms with Gasteiger partial charge in [-0.05, 0) is 24.6 Å². The molecule has 0 atom stereocenters. The van der Waals surface area contributed by atoms with Gasteiger partial charge in [0.2, 0.25) is 0 Å². The zero-order chi connectivity index (χ0) is 13.1. The van der Waals surface area contributed by atoms with Crippen molar-refractivity contribution in [1.82, 2.24) is 9.97 Å². The summed E-state index contributed by atoms with van der Waals surface area (Å²) < 4.78 is 0. The Kier molecular flexibility index (Phi) is 3.43. The van der Waals surface area contributed by atoms with Crippen LogP contribution in [0.2, 0.25) is 5.02 Å². The number of carboxylic acid groups (broad SMARTS) is 1. The Morgan fingerprint density at radius 1 is 1.33 bits per heavy atom. The number of hydrogen-bond acceptors (Lipinski definition) is 4. The Labute approximate surface area is 108 Å². The first-order chi connectivity index (χ1) is 8.56. The molecule has 0 bridgehead atoms. The molecule has 0 saturated heterocycles. The lowest BCUT2D eigenvalue weighted by Crippen LogP contribution is -2.03. The van der Waals surface area contributed by atoms with Crippen molar-refractivity contribution in [3.63, 3.8) is 0 Å². The fourth-order valence-corrected chi connectivity index (χ4v) is 1.58. The number of benzene rings is 1. The molecule has 92 valence electrons. The first-order valence-corrected chi connectivity index (χ1v) is 5.52. The van der Waals surface area contributed by atoms with Gasteiger partial charge in [-0.1, -0.05) is 17.7 Å². The van der Waals surface area contributed by atoms with E-state index in [1.54, 1.807) is 12.1 Å². The number of halogens is 1. The molecule has 0 fully saturated rings. The molecule has 0 unspecified atom stereocenters. The zero-order valence-corrected chi connectivity index (χ0v) is 10.3. The Morgan fingerprint density at radius 3 is 2.83 bits per heavy atom. The van der Waals surface area contributed by atoms with Gasteiger partial charge >= 0.3 is 5.97 Å². The van der Waals surface area contributed by atoms with Gasteiger partial charge in [-0.15, -0.1) is 0 Å². The molecule has 0 spiro atoms. The molecule has 0 aliphatic rings. The monoisotopic (exact) mass is 263 g/mol. The third-order valence-electron chi connectivity index (χ3n) is 2.35. The summed E-state index contributed by atoms with van der Waals surface area (Å²) in [6.45, 7) is 1.91. The van der Waals surface area contributed by atoms with Crippen LogP contribution in [0, 0.1) is 6.92 Å². The molecule has 1 aromatic carbocycles. The molecule has 2 aromatic rings. The van der Waals surface area contributed by atoms with Crippen LogP contribution in [0.15, 0.2) is 30.6 Å². The van der Waals surface area contributed by atoms with E-state index >= 15 is 0 Å². The highest BCUT2D eigenvalue weighted by Gasteiger charge is 2.07. The van der Waals surface area contributed by atoms with Crippen LogP contribution in [-0.2, 0) is 0 Å². The Balaban J connectivity index is 2.31. The van der Waals surface area contributed by atoms with E-state index in [9.17, 15) is 4.79 Å². The summed E-state index contributed by atoms with van der Waals surface area (Å²) in [5.74, 6) is -0.684. The first-order valence-electron chi connectivity index (χ1n) is 5.15. The van der Waals surface area contributed by atoms with E-state index in [2.05, 4.69) is 15.3 Å². The average Bonchev–Trinajstić information content (AvgIpc) is 2.34. The normalized spacial score (nSPS) is 10.1. The molecule has 2 N–H and O–H groups in total. The van der Waals surface area contributed by atoms with Gasteiger partial charge in [-0.2, -0.15) is 0 Å². The predicted octanol–water partition coefficient (Wildman–Crippen LogP) is 2.88. The minimum atomic E-state index is -1.09. The second kappa shape index (κ2) is 5.01. The van der Waals surface area contributed by atoms with Gasteiger partial charge in [0.1, 0.15) is 12.1 Å². The van der Waals surface area contributed by atoms with Crippen LogP contribution in [0.4, 0.5) is 11.5 Å². The number of hydrogen-bond donors (Lipinski definition) is 2. The van der Waals surface area contributed by atoms with Gasteiger partial charge in [0.15, 0.2) is 5.69 Å². The maximum Gasteiger partial charge on any atom is 0.354 e. The number of rotatable bonds is 3. The van der Waals surface area contributed by atoms with E-state index in [0.29, 0.717) is 10.8 Å². The molecule has 0 aliphatic carbocycles. The van der Waals surface area contributed by atoms with Gasteiger partial charge in [0.25, 0.3) is 0 Å². The minimum Gasteiger partial charge on any atom is -0.477 e. The van der Waals surface area contributed by atoms with Crippen LogP contribution in [0.5, 0.6) is 0 Å². The van der Waals surface area contributed by atoms with E-state index in [0.717, 1.165) is 11.3 Å². The van der Waals surface area contributed by atoms with Crippen LogP contribution in [-0.4, -0.2) is 21.0 Å². The maximum absolute atomic E-state index is 10.8. The molecule has 18 heavy (non-hydrogen) atoms. The van der Waals surface area contributed by atoms with Gasteiger partial charge in [0, 0.05) is 16.8 Å². The quantitative estimate of drug-likeness (QED) is 0.891. The van der Waals surface area contributed by atoms with Gasteiger partial charge in [-0.3, -0.25) is 0 Å². The first kappa shape index (κ1) is 12.3. The van der Waals surface area contributed by atoms with Crippen molar-refractivity contribution in [1.29, 1.82) is 0 Å². The molecule has 1 aromatic heterocycles. The molecule has 1 heterocycles. The summed E-state index contributed by atoms with van der Waals surface area (Å²) in [7, 11) is 0. The second-order valence-corrected chi connectivity index (χ2v) is 4.11. The van der Waals surface area contributed by atoms with Crippen LogP contribution in [0.3, 0.4) is 0 Å². The summed E-state index contributed by atoms with van der Waals surface area (Å²) in [4.78, 5) is 18.4. The SMILES string of the molecule is Cc1ccc(Cl)cc1Nc1cc(C(=O)O)ncn1. The van der Waals surface area contributed by atoms with Crippen molar-refractivity contribution in [2.45, 2.75) is 6.92 Å². The number of aryl methyl sites for hydroxylation is 1. The van der Waals surface area contributed by atoms with Crippen molar-refractivity contribution in [3.8, 4) is 0 Å². The van der Waals surface area contributed by atoms with Gasteiger partial charge in [-0.25, -0.2) is 14.8 Å². The number of carbonyl (C=O) groups is 1. The smallest absolute Gasteiger partial charge is 0.354 e. The van der Waals surface area contributed by atoms with Crippen molar-refractivity contribution < 1.29 is 9.90 Å². The van der Waals surface area contributed by atoms with Gasteiger partial charge in [0.05, 0.1) is 0 Å². The van der Waals surface area contributed by atoms with Crippen molar-refractivity contribution in [3.05, 3.63) is 46.9 Å². The lowest BCUT2D eigenvalue weighted by atomic mass is 10.2. The summed E-state index contributed by atoms with van der Waals surface area (Å²) in [6.07, 6.45) is 1.20. The molecular formula is C12H10ClN3O2. The summed E-state index contributed by atoms with van der Waals surface area (Å²) in [6, 6.07) is 6.76. The van der Waals surface area contributed by atoms with E-state index in [1.165, 1.54) is 12.4 Å². The van der Waals surface area contributed by atoms with E-state index in [4.69, 9.17) is 16.7 Å². The number of nitrogens with zero attached hydrogens (tertiary/aromatic N) is 2. The van der Waals surface area contributed by atoms with Crippen molar-refractivity contribution in [2.75, 3.05) is 5.32 Å². The largest absolute Gasteiger partial charge is 0.477 e. The summed E-state index contributed by atoms with van der Waals surface area (Å²) >= 11 is 5.90. The lowest BCUT2D eigenvalue weighted by Gasteiger charge is -2.09. The highest BCUT2D eigenvalue weighted by atomic mass is 35.5. The maximum atomic E-state index is 10.8. The Hall–Kier alpha value is -2.14. The molecule has 6 heteroatoms. The number of anilines is 2. The highest BCUT2D eigenvalue weighted by Crippen LogP contribution is 2.23. The van der Waals surface area contributed by atoms with Gasteiger partial charge < -0.3 is 10.4 Å². The molecule has 0 amide bonds. The molecule has 5 nitrogen and oxygen atoms in total. The Bertz CT molecular complexity index is 602. The average molecular weight is 264 g/mol. The fraction of sp³-hybridized carbons (Fsp3) is 0.0833. The topological polar surface area (TPSA) is 75.1 Å². The lowest BCUT2D eigenvalue weighted by molar-refractivity contribution is 0.0690. The third-order valence-corrected chi connectivity index (χ3v) is 2.58. The summed E-state index contributed by atoms with van der Waals surface area (Å²) in [5.41, 5.74) is 1.69. The molecule has 0 saturated carbocycles. The zero-order valence-electron chi connectivity index (χ0n) is 9.51. The third kappa shape index (κ3) is 2.75. The molecule has 2 rings (SSSR count). The number of carboxylic acids is 1. The standard InChI is InChI=1S/C12H10ClN3O2/c1-7-2-3-8(13)4-9(7)16-11-5-10(12(17)18)14-6-15-11/h2-6H,1H3,(H,17,18)(H,14,15,16). The second-order valence-electron chi connectivity index (χ2n) is 3.68. The summed E-state index contributed by atoms with van der Waals surface area (Å²) in [5, 5.41) is 12.4. The predicted molar refractivity (Wildman–Crippen MR) is 68.5 cm³/mol. The minimum absolute atomic E-state index is 0.0628. The van der Waals surface area contributed by atoms with Crippen LogP contribution in [0.25, 0.3) is 0 Å². The van der Waals surface area contributed by atoms with E-state index < -0.39 is 5.97 Å². The highest BCUT2D eigenvalue weighted by molar-refractivity contribution is 6.30. The number of nitrogens with one attached hydrogen (secondary N) is 1. The van der Waals surface area contributed by atoms with E-state index in [-0.39, 0.29) is 5.69 Å². The molecular weight excluding hydrogens is 254 g/mol. The van der Waals surface area contributed by atoms with Crippen molar-refractivity contribution in [2.24, 2.45) is 0 Å². The van der Waals surface area contributed by atoms with E-state index in [1.807, 2.05) is 13.0 Å². The molecule has 0 aliphatic heterocycles. The number of aromatic carboxylic acids is 1. The fourth-order valence-electron chi connectivity index (χ4n) is 1.41. The molecule has 0 radical (unpaired) electrons. The van der Waals surface area contributed by atoms with Crippen LogP contribution < -0.4 is 5.32 Å².